The van der Waals surface area contributed by atoms with Crippen molar-refractivity contribution >= 4 is 55.4 Å². The molecule has 2 N–H and O–H groups in total. The monoisotopic (exact) mass is 875 g/mol. The third-order valence-corrected chi connectivity index (χ3v) is 12.7. The zero-order valence-electron chi connectivity index (χ0n) is 33.9. The zero-order chi connectivity index (χ0) is 43.1. The number of pyridine rings is 1. The molecule has 0 aliphatic carbocycles. The Morgan fingerprint density at radius 2 is 1.65 bits per heavy atom. The molecule has 3 heterocycles. The zero-order valence-corrected chi connectivity index (χ0v) is 35.5. The molecule has 0 bridgehead atoms. The first kappa shape index (κ1) is 42.6. The molecule has 8 rings (SSSR count). The molecule has 14 nitrogen and oxygen atoms in total. The van der Waals surface area contributed by atoms with Crippen molar-refractivity contribution < 1.29 is 27.6 Å². The van der Waals surface area contributed by atoms with Crippen LogP contribution in [0.4, 0.5) is 17.1 Å². The number of aromatic nitrogens is 1. The van der Waals surface area contributed by atoms with E-state index < -0.39 is 31.4 Å². The average Bonchev–Trinajstić information content (AvgIpc) is 3.28. The van der Waals surface area contributed by atoms with Gasteiger partial charge in [0, 0.05) is 93.0 Å². The summed E-state index contributed by atoms with van der Waals surface area (Å²) in [6.07, 6.45) is 4.13. The number of hydrogen-bond donors (Lipinski definition) is 2. The van der Waals surface area contributed by atoms with Gasteiger partial charge >= 0.3 is 0 Å². The van der Waals surface area contributed by atoms with E-state index in [1.807, 2.05) is 42.5 Å². The number of piperazine rings is 1. The molecule has 1 aromatic heterocycles. The number of nitro groups is 1. The van der Waals surface area contributed by atoms with Crippen LogP contribution in [-0.2, 0) is 21.3 Å². The second kappa shape index (κ2) is 19.3. The SMILES string of the molecule is O=C(NS(=O)(=O)c1ccc(NCCCN2CCOCC2)c([N+](=O)[O-])c1)c1ccc(N2CCN(Cc3ccccc3-c3ccc(Cl)cc3)CC2)cc1Oc1ccc2ccncc2c1. The van der Waals surface area contributed by atoms with Gasteiger partial charge in [-0.15, -0.1) is 0 Å². The van der Waals surface area contributed by atoms with Crippen LogP contribution in [0.3, 0.4) is 0 Å². The second-order valence-corrected chi connectivity index (χ2v) is 17.3. The number of carbonyl (C=O) groups excluding carboxylic acids is 1. The van der Waals surface area contributed by atoms with E-state index in [1.54, 1.807) is 42.7 Å². The summed E-state index contributed by atoms with van der Waals surface area (Å²) in [4.78, 5) is 36.0. The van der Waals surface area contributed by atoms with Crippen molar-refractivity contribution in [1.29, 1.82) is 0 Å². The van der Waals surface area contributed by atoms with Crippen LogP contribution >= 0.6 is 11.6 Å². The molecule has 0 radical (unpaired) electrons. The molecular formula is C46H46ClN7O7S. The molecule has 16 heteroatoms. The van der Waals surface area contributed by atoms with Gasteiger partial charge in [-0.2, -0.15) is 0 Å². The molecule has 0 atom stereocenters. The Morgan fingerprint density at radius 3 is 2.44 bits per heavy atom. The number of nitrogens with one attached hydrogen (secondary N) is 2. The number of anilines is 2. The van der Waals surface area contributed by atoms with Crippen LogP contribution in [0.1, 0.15) is 22.3 Å². The summed E-state index contributed by atoms with van der Waals surface area (Å²) in [5.41, 5.74) is 4.01. The fourth-order valence-electron chi connectivity index (χ4n) is 7.77. The topological polar surface area (TPSA) is 159 Å². The molecular weight excluding hydrogens is 830 g/mol. The van der Waals surface area contributed by atoms with Crippen LogP contribution in [0.2, 0.25) is 5.02 Å². The number of halogens is 1. The van der Waals surface area contributed by atoms with E-state index in [-0.39, 0.29) is 17.0 Å². The number of nitrogens with zero attached hydrogens (tertiary/aromatic N) is 5. The number of fused-ring (bicyclic) bond motifs is 1. The molecule has 320 valence electrons. The minimum Gasteiger partial charge on any atom is -0.456 e. The highest BCUT2D eigenvalue weighted by atomic mass is 35.5. The van der Waals surface area contributed by atoms with Gasteiger partial charge in [-0.25, -0.2) is 13.1 Å². The Hall–Kier alpha value is -6.10. The minimum atomic E-state index is -4.56. The highest BCUT2D eigenvalue weighted by Gasteiger charge is 2.27. The molecule has 1 amide bonds. The Bertz CT molecular complexity index is 2670. The van der Waals surface area contributed by atoms with Gasteiger partial charge in [0.2, 0.25) is 0 Å². The molecule has 6 aromatic rings. The number of nitro benzene ring substituents is 1. The van der Waals surface area contributed by atoms with Gasteiger partial charge < -0.3 is 19.7 Å². The summed E-state index contributed by atoms with van der Waals surface area (Å²) < 4.78 is 41.3. The van der Waals surface area contributed by atoms with E-state index in [1.165, 1.54) is 17.7 Å². The maximum Gasteiger partial charge on any atom is 0.293 e. The number of amides is 1. The van der Waals surface area contributed by atoms with E-state index in [0.717, 1.165) is 79.3 Å². The third-order valence-electron chi connectivity index (χ3n) is 11.1. The Balaban J connectivity index is 0.986. The van der Waals surface area contributed by atoms with Gasteiger partial charge in [0.05, 0.1) is 28.6 Å². The van der Waals surface area contributed by atoms with Gasteiger partial charge in [-0.1, -0.05) is 54.1 Å². The summed E-state index contributed by atoms with van der Waals surface area (Å²) in [6.45, 7) is 7.97. The highest BCUT2D eigenvalue weighted by molar-refractivity contribution is 7.90. The average molecular weight is 876 g/mol. The first-order chi connectivity index (χ1) is 30.1. The van der Waals surface area contributed by atoms with Crippen LogP contribution in [-0.4, -0.2) is 99.6 Å². The molecule has 2 fully saturated rings. The maximum atomic E-state index is 13.9. The highest BCUT2D eigenvalue weighted by Crippen LogP contribution is 2.34. The van der Waals surface area contributed by atoms with E-state index in [2.05, 4.69) is 47.9 Å². The van der Waals surface area contributed by atoms with Crippen molar-refractivity contribution in [2.75, 3.05) is 75.8 Å². The van der Waals surface area contributed by atoms with Crippen molar-refractivity contribution in [3.63, 3.8) is 0 Å². The minimum absolute atomic E-state index is 0.0332. The number of rotatable bonds is 15. The standard InChI is InChI=1S/C46H46ClN7O7S/c47-37-9-6-34(7-10-37)41-5-2-1-4-35(41)32-52-20-22-53(23-21-52)38-11-14-42(45(29-38)61-39-12-8-33-16-18-48-31-36(33)28-39)46(55)50-62(58,59)40-13-15-43(44(30-40)54(56)57)49-17-3-19-51-24-26-60-27-25-51/h1-2,4-16,18,28-31,49H,3,17,19-27,32H2,(H,50,55). The van der Waals surface area contributed by atoms with Crippen molar-refractivity contribution in [3.8, 4) is 22.6 Å². The summed E-state index contributed by atoms with van der Waals surface area (Å²) in [6, 6.07) is 32.1. The Morgan fingerprint density at radius 1 is 0.855 bits per heavy atom. The molecule has 0 saturated carbocycles. The number of morpholine rings is 1. The molecule has 5 aromatic carbocycles. The van der Waals surface area contributed by atoms with Crippen LogP contribution < -0.4 is 19.7 Å². The lowest BCUT2D eigenvalue weighted by atomic mass is 9.99. The van der Waals surface area contributed by atoms with Gasteiger partial charge in [-0.05, 0) is 89.6 Å². The first-order valence-electron chi connectivity index (χ1n) is 20.5. The van der Waals surface area contributed by atoms with Crippen molar-refractivity contribution in [1.82, 2.24) is 19.5 Å². The molecule has 62 heavy (non-hydrogen) atoms. The number of benzene rings is 5. The van der Waals surface area contributed by atoms with Crippen molar-refractivity contribution in [2.24, 2.45) is 0 Å². The maximum absolute atomic E-state index is 13.9. The number of ether oxygens (including phenoxy) is 2. The van der Waals surface area contributed by atoms with Gasteiger partial charge in [0.15, 0.2) is 0 Å². The summed E-state index contributed by atoms with van der Waals surface area (Å²) in [5, 5.41) is 17.6. The summed E-state index contributed by atoms with van der Waals surface area (Å²) in [5.74, 6) is -0.390. The third kappa shape index (κ3) is 10.3. The molecule has 2 aliphatic rings. The largest absolute Gasteiger partial charge is 0.456 e. The van der Waals surface area contributed by atoms with E-state index in [4.69, 9.17) is 21.1 Å². The Labute approximate surface area is 365 Å². The van der Waals surface area contributed by atoms with E-state index >= 15 is 0 Å². The number of sulfonamides is 1. The van der Waals surface area contributed by atoms with Crippen LogP contribution in [0, 0.1) is 10.1 Å². The summed E-state index contributed by atoms with van der Waals surface area (Å²) >= 11 is 6.16. The molecule has 2 aliphatic heterocycles. The Kier molecular flexibility index (Phi) is 13.3. The molecule has 2 saturated heterocycles. The van der Waals surface area contributed by atoms with E-state index in [9.17, 15) is 23.3 Å². The van der Waals surface area contributed by atoms with Gasteiger partial charge in [-0.3, -0.25) is 29.7 Å². The first-order valence-corrected chi connectivity index (χ1v) is 22.3. The molecule has 0 spiro atoms. The van der Waals surface area contributed by atoms with Crippen LogP contribution in [0.25, 0.3) is 21.9 Å². The van der Waals surface area contributed by atoms with Crippen LogP contribution in [0.15, 0.2) is 126 Å². The molecule has 0 unspecified atom stereocenters. The van der Waals surface area contributed by atoms with Gasteiger partial charge in [0.1, 0.15) is 17.2 Å². The lowest BCUT2D eigenvalue weighted by Crippen LogP contribution is -2.46. The summed E-state index contributed by atoms with van der Waals surface area (Å²) in [7, 11) is -4.56. The van der Waals surface area contributed by atoms with E-state index in [0.29, 0.717) is 43.6 Å². The normalized spacial score (nSPS) is 15.0. The number of carbonyl (C=O) groups is 1. The van der Waals surface area contributed by atoms with Crippen LogP contribution in [0.5, 0.6) is 11.5 Å². The lowest BCUT2D eigenvalue weighted by Gasteiger charge is -2.36. The smallest absolute Gasteiger partial charge is 0.293 e. The predicted molar refractivity (Wildman–Crippen MR) is 241 cm³/mol. The van der Waals surface area contributed by atoms with Gasteiger partial charge in [0.25, 0.3) is 21.6 Å². The fraction of sp³-hybridized carbons (Fsp3) is 0.261. The van der Waals surface area contributed by atoms with Crippen molar-refractivity contribution in [3.05, 3.63) is 148 Å². The second-order valence-electron chi connectivity index (χ2n) is 15.2. The lowest BCUT2D eigenvalue weighted by molar-refractivity contribution is -0.384. The number of hydrogen-bond acceptors (Lipinski definition) is 12. The fourth-order valence-corrected chi connectivity index (χ4v) is 8.89. The quantitative estimate of drug-likeness (QED) is 0.0586. The predicted octanol–water partition coefficient (Wildman–Crippen LogP) is 7.83. The van der Waals surface area contributed by atoms with Crippen molar-refractivity contribution in [2.45, 2.75) is 17.9 Å².